The Morgan fingerprint density at radius 1 is 0.957 bits per heavy atom. The number of halogens is 2. The molecule has 2 fully saturated rings. The maximum Gasteiger partial charge on any atom is 0.387 e. The molecule has 3 aromatic heterocycles. The number of hydrogen-bond acceptors (Lipinski definition) is 8. The van der Waals surface area contributed by atoms with E-state index in [2.05, 4.69) is 30.5 Å². The highest BCUT2D eigenvalue weighted by atomic mass is 19.3. The number of aromatic nitrogens is 5. The number of para-hydroxylation sites is 1. The van der Waals surface area contributed by atoms with Gasteiger partial charge in [0.2, 0.25) is 0 Å². The summed E-state index contributed by atoms with van der Waals surface area (Å²) in [4.78, 5) is 14.1. The Labute approximate surface area is 266 Å². The van der Waals surface area contributed by atoms with E-state index in [4.69, 9.17) is 20.7 Å². The van der Waals surface area contributed by atoms with Crippen LogP contribution >= 0.6 is 0 Å². The molecule has 46 heavy (non-hydrogen) atoms. The summed E-state index contributed by atoms with van der Waals surface area (Å²) in [6.45, 7) is 3.05. The lowest BCUT2D eigenvalue weighted by Crippen LogP contribution is -2.51. The van der Waals surface area contributed by atoms with Crippen LogP contribution in [0.15, 0.2) is 61.1 Å². The second-order valence-electron chi connectivity index (χ2n) is 12.4. The third kappa shape index (κ3) is 6.16. The summed E-state index contributed by atoms with van der Waals surface area (Å²) in [5.74, 6) is 0.585. The van der Waals surface area contributed by atoms with Gasteiger partial charge in [-0.1, -0.05) is 24.3 Å². The van der Waals surface area contributed by atoms with Gasteiger partial charge in [0, 0.05) is 73.6 Å². The van der Waals surface area contributed by atoms with Crippen LogP contribution in [0.3, 0.4) is 0 Å². The minimum Gasteiger partial charge on any atom is -0.434 e. The number of alkyl halides is 2. The van der Waals surface area contributed by atoms with E-state index >= 15 is 0 Å². The van der Waals surface area contributed by atoms with Crippen molar-refractivity contribution >= 4 is 27.8 Å². The number of rotatable bonds is 10. The first kappa shape index (κ1) is 30.5. The van der Waals surface area contributed by atoms with Gasteiger partial charge in [0.15, 0.2) is 5.65 Å². The van der Waals surface area contributed by atoms with Crippen LogP contribution in [-0.2, 0) is 6.54 Å². The molecule has 5 aromatic rings. The van der Waals surface area contributed by atoms with Gasteiger partial charge in [0.05, 0.1) is 18.0 Å². The molecule has 2 aromatic carbocycles. The molecule has 1 saturated heterocycles. The second kappa shape index (κ2) is 13.3. The number of ether oxygens (including phenoxy) is 1. The highest BCUT2D eigenvalue weighted by Crippen LogP contribution is 2.38. The van der Waals surface area contributed by atoms with Crippen LogP contribution in [0.5, 0.6) is 5.75 Å². The Balaban J connectivity index is 1.10. The first-order chi connectivity index (χ1) is 22.5. The number of aliphatic hydroxyl groups excluding tert-OH is 1. The predicted molar refractivity (Wildman–Crippen MR) is 174 cm³/mol. The summed E-state index contributed by atoms with van der Waals surface area (Å²) in [6.07, 6.45) is 8.58. The quantitative estimate of drug-likeness (QED) is 0.218. The zero-order chi connectivity index (χ0) is 31.6. The number of nitrogen functional groups attached to an aromatic ring is 1. The van der Waals surface area contributed by atoms with Crippen LogP contribution in [0.2, 0.25) is 0 Å². The van der Waals surface area contributed by atoms with Crippen molar-refractivity contribution in [2.45, 2.75) is 57.3 Å². The largest absolute Gasteiger partial charge is 0.434 e. The zero-order valence-corrected chi connectivity index (χ0v) is 25.8. The minimum absolute atomic E-state index is 0.175. The van der Waals surface area contributed by atoms with Crippen LogP contribution in [0, 0.1) is 0 Å². The fourth-order valence-corrected chi connectivity index (χ4v) is 7.28. The van der Waals surface area contributed by atoms with Gasteiger partial charge >= 0.3 is 6.61 Å². The van der Waals surface area contributed by atoms with Crippen LogP contribution in [0.1, 0.15) is 43.7 Å². The lowest BCUT2D eigenvalue weighted by atomic mass is 9.90. The fraction of sp³-hybridized carbons (Fsp3) is 0.441. The van der Waals surface area contributed by atoms with E-state index in [0.717, 1.165) is 98.0 Å². The molecule has 3 N–H and O–H groups in total. The Morgan fingerprint density at radius 3 is 2.52 bits per heavy atom. The summed E-state index contributed by atoms with van der Waals surface area (Å²) in [5.41, 5.74) is 10.5. The van der Waals surface area contributed by atoms with Gasteiger partial charge in [-0.05, 0) is 56.4 Å². The summed E-state index contributed by atoms with van der Waals surface area (Å²) in [5, 5.41) is 16.1. The Morgan fingerprint density at radius 2 is 1.74 bits per heavy atom. The van der Waals surface area contributed by atoms with Gasteiger partial charge in [-0.2, -0.15) is 13.9 Å². The van der Waals surface area contributed by atoms with Crippen molar-refractivity contribution in [1.82, 2.24) is 34.1 Å². The SMILES string of the molecule is Nc1ncnc2c1c(-c1ccc3c(ccn3Cc3ccccc3OC(F)F)c1)nn2C1CCC(N2CCN(CCCO)CC2)CC1. The molecule has 12 heteroatoms. The third-order valence-electron chi connectivity index (χ3n) is 9.66. The standard InChI is InChI=1S/C34H40F2N8O2/c35-34(36)46-29-5-2-1-4-25(29)21-43-14-12-23-20-24(6-11-28(23)43)31-30-32(37)38-22-39-33(30)44(40-31)27-9-7-26(8-10-27)42-17-15-41(16-18-42)13-3-19-45/h1-2,4-6,11-12,14,20,22,26-27,34,45H,3,7-10,13,15-19,21H2,(H2,37,38,39). The lowest BCUT2D eigenvalue weighted by Gasteiger charge is -2.42. The van der Waals surface area contributed by atoms with Crippen LogP contribution < -0.4 is 10.5 Å². The van der Waals surface area contributed by atoms with Crippen LogP contribution in [0.25, 0.3) is 33.2 Å². The number of anilines is 1. The smallest absolute Gasteiger partial charge is 0.387 e. The van der Waals surface area contributed by atoms with Crippen molar-refractivity contribution in [2.24, 2.45) is 0 Å². The molecule has 4 heterocycles. The van der Waals surface area contributed by atoms with Gasteiger partial charge in [0.1, 0.15) is 23.6 Å². The van der Waals surface area contributed by atoms with E-state index in [9.17, 15) is 8.78 Å². The average molecular weight is 631 g/mol. The van der Waals surface area contributed by atoms with Gasteiger partial charge in [-0.15, -0.1) is 0 Å². The maximum atomic E-state index is 13.0. The van der Waals surface area contributed by atoms with E-state index in [1.807, 2.05) is 35.0 Å². The summed E-state index contributed by atoms with van der Waals surface area (Å²) in [6, 6.07) is 15.8. The number of benzene rings is 2. The highest BCUT2D eigenvalue weighted by molar-refractivity contribution is 6.00. The minimum atomic E-state index is -2.88. The summed E-state index contributed by atoms with van der Waals surface area (Å²) in [7, 11) is 0. The molecule has 2 aliphatic rings. The normalized spacial score (nSPS) is 19.8. The number of aliphatic hydroxyl groups is 1. The van der Waals surface area contributed by atoms with Crippen molar-refractivity contribution in [3.8, 4) is 17.0 Å². The van der Waals surface area contributed by atoms with E-state index < -0.39 is 6.61 Å². The van der Waals surface area contributed by atoms with E-state index in [1.54, 1.807) is 18.2 Å². The second-order valence-corrected chi connectivity index (χ2v) is 12.4. The molecule has 1 aliphatic carbocycles. The van der Waals surface area contributed by atoms with Crippen molar-refractivity contribution in [3.05, 3.63) is 66.6 Å². The summed E-state index contributed by atoms with van der Waals surface area (Å²) >= 11 is 0. The molecule has 0 radical (unpaired) electrons. The molecule has 0 amide bonds. The van der Waals surface area contributed by atoms with Gasteiger partial charge in [-0.3, -0.25) is 4.90 Å². The molecule has 0 spiro atoms. The van der Waals surface area contributed by atoms with E-state index in [-0.39, 0.29) is 18.4 Å². The molecule has 7 rings (SSSR count). The van der Waals surface area contributed by atoms with Crippen molar-refractivity contribution in [1.29, 1.82) is 0 Å². The molecule has 1 aliphatic heterocycles. The maximum absolute atomic E-state index is 13.0. The number of nitrogens with two attached hydrogens (primary N) is 1. The van der Waals surface area contributed by atoms with Crippen LogP contribution in [-0.4, -0.2) is 91.2 Å². The molecule has 0 atom stereocenters. The van der Waals surface area contributed by atoms with Crippen molar-refractivity contribution < 1.29 is 18.6 Å². The molecule has 0 unspecified atom stereocenters. The van der Waals surface area contributed by atoms with Gasteiger partial charge in [-0.25, -0.2) is 14.6 Å². The number of nitrogens with zero attached hydrogens (tertiary/aromatic N) is 7. The molecule has 242 valence electrons. The highest BCUT2D eigenvalue weighted by Gasteiger charge is 2.31. The first-order valence-corrected chi connectivity index (χ1v) is 16.2. The lowest BCUT2D eigenvalue weighted by molar-refractivity contribution is -0.0504. The fourth-order valence-electron chi connectivity index (χ4n) is 7.28. The topological polar surface area (TPSA) is 110 Å². The Bertz CT molecular complexity index is 1790. The third-order valence-corrected chi connectivity index (χ3v) is 9.66. The number of piperazine rings is 1. The molecular weight excluding hydrogens is 590 g/mol. The predicted octanol–water partition coefficient (Wildman–Crippen LogP) is 5.16. The first-order valence-electron chi connectivity index (χ1n) is 16.2. The van der Waals surface area contributed by atoms with Gasteiger partial charge < -0.3 is 25.0 Å². The Hall–Kier alpha value is -4.13. The Kier molecular flexibility index (Phi) is 8.83. The van der Waals surface area contributed by atoms with Crippen molar-refractivity contribution in [2.75, 3.05) is 45.1 Å². The number of hydrogen-bond donors (Lipinski definition) is 2. The number of fused-ring (bicyclic) bond motifs is 2. The monoisotopic (exact) mass is 630 g/mol. The molecule has 10 nitrogen and oxygen atoms in total. The van der Waals surface area contributed by atoms with Gasteiger partial charge in [0.25, 0.3) is 0 Å². The van der Waals surface area contributed by atoms with Crippen LogP contribution in [0.4, 0.5) is 14.6 Å². The average Bonchev–Trinajstić information content (AvgIpc) is 3.67. The van der Waals surface area contributed by atoms with E-state index in [1.165, 1.54) is 6.33 Å². The zero-order valence-electron chi connectivity index (χ0n) is 25.8. The molecular formula is C34H40F2N8O2. The molecule has 1 saturated carbocycles. The van der Waals surface area contributed by atoms with Crippen molar-refractivity contribution in [3.63, 3.8) is 0 Å². The summed E-state index contributed by atoms with van der Waals surface area (Å²) < 4.78 is 34.8. The van der Waals surface area contributed by atoms with E-state index in [0.29, 0.717) is 24.0 Å². The molecule has 0 bridgehead atoms.